The Labute approximate surface area is 111 Å². The Bertz CT molecular complexity index is 504. The molecule has 0 amide bonds. The fourth-order valence-corrected chi connectivity index (χ4v) is 2.34. The number of hydrogen-bond donors (Lipinski definition) is 0. The monoisotopic (exact) mass is 267 g/mol. The highest BCUT2D eigenvalue weighted by Crippen LogP contribution is 2.25. The number of halogens is 1. The summed E-state index contributed by atoms with van der Waals surface area (Å²) < 4.78 is 19.3. The maximum Gasteiger partial charge on any atom is 0.326 e. The summed E-state index contributed by atoms with van der Waals surface area (Å²) in [6.07, 6.45) is 4.80. The number of pyridine rings is 1. The number of carbonyl (C=O) groups is 1. The second-order valence-corrected chi connectivity index (χ2v) is 5.19. The van der Waals surface area contributed by atoms with Crippen molar-refractivity contribution >= 4 is 5.97 Å². The van der Waals surface area contributed by atoms with Gasteiger partial charge in [0.1, 0.15) is 18.5 Å². The van der Waals surface area contributed by atoms with Crippen LogP contribution in [0.4, 0.5) is 4.39 Å². The van der Waals surface area contributed by atoms with Gasteiger partial charge in [0.25, 0.3) is 5.56 Å². The molecule has 19 heavy (non-hydrogen) atoms. The largest absolute Gasteiger partial charge is 0.461 e. The molecule has 1 fully saturated rings. The minimum atomic E-state index is -0.543. The first-order chi connectivity index (χ1) is 9.04. The summed E-state index contributed by atoms with van der Waals surface area (Å²) in [6.45, 7) is 1.95. The molecule has 0 bridgehead atoms. The number of ether oxygens (including phenoxy) is 1. The van der Waals surface area contributed by atoms with Crippen molar-refractivity contribution in [2.75, 3.05) is 0 Å². The molecule has 104 valence electrons. The van der Waals surface area contributed by atoms with Crippen LogP contribution >= 0.6 is 0 Å². The lowest BCUT2D eigenvalue weighted by molar-refractivity contribution is -0.151. The average Bonchev–Trinajstić information content (AvgIpc) is 2.37. The first-order valence-corrected chi connectivity index (χ1v) is 6.60. The fourth-order valence-electron chi connectivity index (χ4n) is 2.34. The van der Waals surface area contributed by atoms with E-state index in [-0.39, 0.29) is 12.6 Å². The maximum absolute atomic E-state index is 13.0. The molecule has 0 atom stereocenters. The number of esters is 1. The molecular weight excluding hydrogens is 249 g/mol. The van der Waals surface area contributed by atoms with Crippen LogP contribution in [-0.2, 0) is 16.1 Å². The highest BCUT2D eigenvalue weighted by molar-refractivity contribution is 5.69. The van der Waals surface area contributed by atoms with E-state index in [1.165, 1.54) is 0 Å². The molecule has 0 unspecified atom stereocenters. The zero-order valence-corrected chi connectivity index (χ0v) is 11.0. The van der Waals surface area contributed by atoms with E-state index in [0.29, 0.717) is 5.92 Å². The summed E-state index contributed by atoms with van der Waals surface area (Å²) >= 11 is 0. The third-order valence-electron chi connectivity index (χ3n) is 3.51. The molecule has 0 radical (unpaired) electrons. The van der Waals surface area contributed by atoms with Gasteiger partial charge < -0.3 is 9.30 Å². The van der Waals surface area contributed by atoms with Crippen LogP contribution < -0.4 is 5.56 Å². The topological polar surface area (TPSA) is 48.3 Å². The van der Waals surface area contributed by atoms with Crippen LogP contribution in [0.25, 0.3) is 0 Å². The molecule has 1 aliphatic rings. The highest BCUT2D eigenvalue weighted by atomic mass is 19.1. The van der Waals surface area contributed by atoms with Crippen molar-refractivity contribution in [1.82, 2.24) is 4.57 Å². The van der Waals surface area contributed by atoms with Crippen LogP contribution in [0.2, 0.25) is 0 Å². The van der Waals surface area contributed by atoms with Crippen molar-refractivity contribution in [3.05, 3.63) is 34.5 Å². The summed E-state index contributed by atoms with van der Waals surface area (Å²) in [5.74, 6) is -0.341. The van der Waals surface area contributed by atoms with E-state index in [1.807, 2.05) is 0 Å². The molecule has 1 aliphatic carbocycles. The third-order valence-corrected chi connectivity index (χ3v) is 3.51. The Morgan fingerprint density at radius 1 is 1.37 bits per heavy atom. The Morgan fingerprint density at radius 3 is 2.74 bits per heavy atom. The first kappa shape index (κ1) is 13.8. The standard InChI is InChI=1S/C14H18FNO3/c1-10-2-5-12(6-3-10)19-14(18)9-16-8-11(15)4-7-13(16)17/h4,7-8,10,12H,2-3,5-6,9H2,1H3. The van der Waals surface area contributed by atoms with Crippen LogP contribution in [0.5, 0.6) is 0 Å². The summed E-state index contributed by atoms with van der Waals surface area (Å²) in [4.78, 5) is 23.2. The van der Waals surface area contributed by atoms with Crippen molar-refractivity contribution < 1.29 is 13.9 Å². The molecule has 0 aliphatic heterocycles. The first-order valence-electron chi connectivity index (χ1n) is 6.60. The second kappa shape index (κ2) is 5.99. The smallest absolute Gasteiger partial charge is 0.326 e. The summed E-state index contributed by atoms with van der Waals surface area (Å²) in [5, 5.41) is 0. The molecule has 2 rings (SSSR count). The number of aromatic nitrogens is 1. The van der Waals surface area contributed by atoms with Crippen molar-refractivity contribution in [1.29, 1.82) is 0 Å². The third kappa shape index (κ3) is 3.91. The van der Waals surface area contributed by atoms with Gasteiger partial charge in [0, 0.05) is 12.3 Å². The van der Waals surface area contributed by atoms with Gasteiger partial charge >= 0.3 is 5.97 Å². The van der Waals surface area contributed by atoms with Gasteiger partial charge in [-0.15, -0.1) is 0 Å². The van der Waals surface area contributed by atoms with E-state index >= 15 is 0 Å². The molecule has 0 spiro atoms. The number of nitrogens with zero attached hydrogens (tertiary/aromatic N) is 1. The summed E-state index contributed by atoms with van der Waals surface area (Å²) in [7, 11) is 0. The molecule has 1 saturated carbocycles. The zero-order chi connectivity index (χ0) is 13.8. The summed E-state index contributed by atoms with van der Waals surface area (Å²) in [6, 6.07) is 2.18. The van der Waals surface area contributed by atoms with Gasteiger partial charge in [-0.25, -0.2) is 4.39 Å². The average molecular weight is 267 g/mol. The van der Waals surface area contributed by atoms with Crippen LogP contribution in [0.1, 0.15) is 32.6 Å². The van der Waals surface area contributed by atoms with Gasteiger partial charge in [0.2, 0.25) is 0 Å². The lowest BCUT2D eigenvalue weighted by Gasteiger charge is -2.26. The molecule has 0 saturated heterocycles. The molecule has 5 heteroatoms. The van der Waals surface area contributed by atoms with E-state index < -0.39 is 17.3 Å². The van der Waals surface area contributed by atoms with Crippen molar-refractivity contribution in [2.45, 2.75) is 45.3 Å². The van der Waals surface area contributed by atoms with Crippen molar-refractivity contribution in [3.63, 3.8) is 0 Å². The number of hydrogen-bond acceptors (Lipinski definition) is 3. The van der Waals surface area contributed by atoms with Crippen molar-refractivity contribution in [2.24, 2.45) is 5.92 Å². The quantitative estimate of drug-likeness (QED) is 0.788. The normalized spacial score (nSPS) is 23.1. The number of rotatable bonds is 3. The molecule has 1 aromatic heterocycles. The van der Waals surface area contributed by atoms with Crippen LogP contribution in [0.3, 0.4) is 0 Å². The second-order valence-electron chi connectivity index (χ2n) is 5.19. The Balaban J connectivity index is 1.90. The van der Waals surface area contributed by atoms with E-state index in [9.17, 15) is 14.0 Å². The fraction of sp³-hybridized carbons (Fsp3) is 0.571. The van der Waals surface area contributed by atoms with E-state index in [4.69, 9.17) is 4.74 Å². The van der Waals surface area contributed by atoms with Gasteiger partial charge in [-0.3, -0.25) is 9.59 Å². The van der Waals surface area contributed by atoms with Crippen LogP contribution in [0, 0.1) is 11.7 Å². The molecule has 0 N–H and O–H groups in total. The maximum atomic E-state index is 13.0. The molecule has 4 nitrogen and oxygen atoms in total. The van der Waals surface area contributed by atoms with Crippen LogP contribution in [-0.4, -0.2) is 16.6 Å². The predicted octanol–water partition coefficient (Wildman–Crippen LogP) is 2.11. The highest BCUT2D eigenvalue weighted by Gasteiger charge is 2.21. The molecule has 1 heterocycles. The zero-order valence-electron chi connectivity index (χ0n) is 11.0. The SMILES string of the molecule is CC1CCC(OC(=O)Cn2cc(F)ccc2=O)CC1. The van der Waals surface area contributed by atoms with E-state index in [1.54, 1.807) is 0 Å². The van der Waals surface area contributed by atoms with Gasteiger partial charge in [0.05, 0.1) is 0 Å². The summed E-state index contributed by atoms with van der Waals surface area (Å²) in [5.41, 5.74) is -0.407. The van der Waals surface area contributed by atoms with Gasteiger partial charge in [-0.2, -0.15) is 0 Å². The van der Waals surface area contributed by atoms with Gasteiger partial charge in [-0.1, -0.05) is 6.92 Å². The Morgan fingerprint density at radius 2 is 2.05 bits per heavy atom. The van der Waals surface area contributed by atoms with E-state index in [0.717, 1.165) is 48.6 Å². The molecule has 1 aromatic rings. The Kier molecular flexibility index (Phi) is 4.35. The van der Waals surface area contributed by atoms with Crippen LogP contribution in [0.15, 0.2) is 23.1 Å². The molecule has 0 aromatic carbocycles. The van der Waals surface area contributed by atoms with Gasteiger partial charge in [0.15, 0.2) is 0 Å². The Hall–Kier alpha value is -1.65. The predicted molar refractivity (Wildman–Crippen MR) is 68.2 cm³/mol. The minimum absolute atomic E-state index is 0.0621. The molecular formula is C14H18FNO3. The lowest BCUT2D eigenvalue weighted by Crippen LogP contribution is -2.29. The van der Waals surface area contributed by atoms with Crippen molar-refractivity contribution in [3.8, 4) is 0 Å². The minimum Gasteiger partial charge on any atom is -0.461 e. The van der Waals surface area contributed by atoms with E-state index in [2.05, 4.69) is 6.92 Å². The lowest BCUT2D eigenvalue weighted by atomic mass is 9.89. The number of carbonyl (C=O) groups excluding carboxylic acids is 1. The van der Waals surface area contributed by atoms with Gasteiger partial charge in [-0.05, 0) is 37.7 Å².